The second-order valence-electron chi connectivity index (χ2n) is 7.27. The molecule has 160 valence electrons. The first-order valence-corrected chi connectivity index (χ1v) is 10.5. The molecule has 3 rings (SSSR count). The van der Waals surface area contributed by atoms with Gasteiger partial charge in [-0.15, -0.1) is 0 Å². The third kappa shape index (κ3) is 6.56. The van der Waals surface area contributed by atoms with E-state index in [0.29, 0.717) is 19.6 Å². The van der Waals surface area contributed by atoms with E-state index in [0.717, 1.165) is 22.4 Å². The van der Waals surface area contributed by atoms with Gasteiger partial charge in [0, 0.05) is 13.0 Å². The van der Waals surface area contributed by atoms with Crippen LogP contribution in [0.5, 0.6) is 5.75 Å². The van der Waals surface area contributed by atoms with Crippen LogP contribution >= 0.6 is 0 Å². The van der Waals surface area contributed by atoms with Gasteiger partial charge < -0.3 is 14.6 Å². The molecule has 31 heavy (non-hydrogen) atoms. The van der Waals surface area contributed by atoms with E-state index in [1.165, 1.54) is 11.1 Å². The minimum Gasteiger partial charge on any atom is -0.490 e. The van der Waals surface area contributed by atoms with Crippen LogP contribution in [0.4, 0.5) is 0 Å². The molecule has 0 aliphatic rings. The van der Waals surface area contributed by atoms with Crippen LogP contribution in [0, 0.1) is 0 Å². The highest BCUT2D eigenvalue weighted by Crippen LogP contribution is 2.22. The Labute approximate surface area is 183 Å². The number of carboxylic acids is 1. The van der Waals surface area contributed by atoms with E-state index in [2.05, 4.69) is 49.4 Å². The molecule has 0 heterocycles. The maximum atomic E-state index is 11.2. The lowest BCUT2D eigenvalue weighted by molar-refractivity contribution is -0.149. The molecular weight excluding hydrogens is 388 g/mol. The summed E-state index contributed by atoms with van der Waals surface area (Å²) in [6, 6.07) is 26.3. The molecule has 0 aromatic heterocycles. The van der Waals surface area contributed by atoms with Gasteiger partial charge in [0.1, 0.15) is 12.4 Å². The number of rotatable bonds is 10. The average molecular weight is 417 g/mol. The van der Waals surface area contributed by atoms with E-state index in [-0.39, 0.29) is 0 Å². The van der Waals surface area contributed by atoms with Crippen LogP contribution in [-0.4, -0.2) is 30.4 Å². The number of aliphatic carboxylic acids is 1. The fourth-order valence-corrected chi connectivity index (χ4v) is 3.29. The summed E-state index contributed by atoms with van der Waals surface area (Å²) < 4.78 is 11.1. The molecule has 4 nitrogen and oxygen atoms in total. The molecule has 0 fully saturated rings. The second-order valence-corrected chi connectivity index (χ2v) is 7.27. The number of hydrogen-bond donors (Lipinski definition) is 1. The number of carboxylic acid groups (broad SMARTS) is 1. The highest BCUT2D eigenvalue weighted by atomic mass is 16.5. The van der Waals surface area contributed by atoms with Crippen LogP contribution in [-0.2, 0) is 16.0 Å². The Kier molecular flexibility index (Phi) is 8.02. The summed E-state index contributed by atoms with van der Waals surface area (Å²) in [4.78, 5) is 11.2. The van der Waals surface area contributed by atoms with Crippen LogP contribution < -0.4 is 4.74 Å². The summed E-state index contributed by atoms with van der Waals surface area (Å²) in [5.74, 6) is -0.199. The summed E-state index contributed by atoms with van der Waals surface area (Å²) >= 11 is 0. The quantitative estimate of drug-likeness (QED) is 0.449. The molecule has 1 N–H and O–H groups in total. The first kappa shape index (κ1) is 22.3. The van der Waals surface area contributed by atoms with Gasteiger partial charge in [-0.1, -0.05) is 66.7 Å². The van der Waals surface area contributed by atoms with E-state index >= 15 is 0 Å². The van der Waals surface area contributed by atoms with Crippen molar-refractivity contribution in [3.63, 3.8) is 0 Å². The van der Waals surface area contributed by atoms with Crippen molar-refractivity contribution in [2.75, 3.05) is 13.2 Å². The molecule has 0 aliphatic heterocycles. The summed E-state index contributed by atoms with van der Waals surface area (Å²) in [6.45, 7) is 4.70. The van der Waals surface area contributed by atoms with Gasteiger partial charge in [-0.25, -0.2) is 4.79 Å². The van der Waals surface area contributed by atoms with Crippen molar-refractivity contribution in [2.45, 2.75) is 26.4 Å². The molecule has 1 unspecified atom stereocenters. The SMILES string of the molecule is CCOC(Cc1ccc(OC/C=C(\C)c2ccc(-c3ccccc3)cc2)cc1)C(=O)O. The number of hydrogen-bond acceptors (Lipinski definition) is 3. The van der Waals surface area contributed by atoms with E-state index in [1.54, 1.807) is 6.92 Å². The van der Waals surface area contributed by atoms with Gasteiger partial charge >= 0.3 is 5.97 Å². The predicted molar refractivity (Wildman–Crippen MR) is 124 cm³/mol. The third-order valence-corrected chi connectivity index (χ3v) is 5.07. The third-order valence-electron chi connectivity index (χ3n) is 5.07. The molecule has 0 spiro atoms. The number of benzene rings is 3. The lowest BCUT2D eigenvalue weighted by Crippen LogP contribution is -2.26. The van der Waals surface area contributed by atoms with E-state index < -0.39 is 12.1 Å². The van der Waals surface area contributed by atoms with Crippen LogP contribution in [0.15, 0.2) is 84.9 Å². The zero-order valence-electron chi connectivity index (χ0n) is 18.0. The second kappa shape index (κ2) is 11.1. The van der Waals surface area contributed by atoms with Gasteiger partial charge in [0.25, 0.3) is 0 Å². The minimum absolute atomic E-state index is 0.335. The fourth-order valence-electron chi connectivity index (χ4n) is 3.29. The molecule has 3 aromatic carbocycles. The van der Waals surface area contributed by atoms with Crippen molar-refractivity contribution in [2.24, 2.45) is 0 Å². The standard InChI is InChI=1S/C27H28O4/c1-3-30-26(27(28)29)19-21-9-15-25(16-10-21)31-18-17-20(2)22-11-13-24(14-12-22)23-7-5-4-6-8-23/h4-17,26H,3,18-19H2,1-2H3,(H,28,29)/b20-17+. The molecule has 0 amide bonds. The van der Waals surface area contributed by atoms with Crippen molar-refractivity contribution in [1.29, 1.82) is 0 Å². The van der Waals surface area contributed by atoms with Crippen molar-refractivity contribution in [3.8, 4) is 16.9 Å². The molecule has 0 aliphatic carbocycles. The first-order valence-electron chi connectivity index (χ1n) is 10.5. The Hall–Kier alpha value is -3.37. The molecule has 4 heteroatoms. The predicted octanol–water partition coefficient (Wildman–Crippen LogP) is 5.87. The Morgan fingerprint density at radius 1 is 0.935 bits per heavy atom. The maximum Gasteiger partial charge on any atom is 0.333 e. The van der Waals surface area contributed by atoms with Crippen molar-refractivity contribution >= 4 is 11.5 Å². The Morgan fingerprint density at radius 3 is 2.19 bits per heavy atom. The van der Waals surface area contributed by atoms with Gasteiger partial charge in [-0.05, 0) is 59.9 Å². The Morgan fingerprint density at radius 2 is 1.58 bits per heavy atom. The molecule has 3 aromatic rings. The van der Waals surface area contributed by atoms with Crippen molar-refractivity contribution in [1.82, 2.24) is 0 Å². The van der Waals surface area contributed by atoms with Gasteiger partial charge in [-0.3, -0.25) is 0 Å². The molecule has 0 saturated carbocycles. The maximum absolute atomic E-state index is 11.2. The normalized spacial score (nSPS) is 12.4. The lowest BCUT2D eigenvalue weighted by atomic mass is 10.0. The van der Waals surface area contributed by atoms with Crippen molar-refractivity contribution in [3.05, 3.63) is 96.1 Å². The summed E-state index contributed by atoms with van der Waals surface area (Å²) in [7, 11) is 0. The zero-order valence-corrected chi connectivity index (χ0v) is 18.0. The number of carbonyl (C=O) groups is 1. The van der Waals surface area contributed by atoms with Crippen LogP contribution in [0.2, 0.25) is 0 Å². The van der Waals surface area contributed by atoms with Crippen LogP contribution in [0.25, 0.3) is 16.7 Å². The molecule has 0 bridgehead atoms. The number of ether oxygens (including phenoxy) is 2. The zero-order chi connectivity index (χ0) is 22.1. The van der Waals surface area contributed by atoms with Gasteiger partial charge in [0.15, 0.2) is 6.10 Å². The Balaban J connectivity index is 1.54. The molecule has 0 saturated heterocycles. The topological polar surface area (TPSA) is 55.8 Å². The van der Waals surface area contributed by atoms with Crippen LogP contribution in [0.3, 0.4) is 0 Å². The smallest absolute Gasteiger partial charge is 0.333 e. The summed E-state index contributed by atoms with van der Waals surface area (Å²) in [5.41, 5.74) is 5.62. The average Bonchev–Trinajstić information content (AvgIpc) is 2.80. The van der Waals surface area contributed by atoms with Gasteiger partial charge in [0.05, 0.1) is 0 Å². The van der Waals surface area contributed by atoms with Gasteiger partial charge in [0.2, 0.25) is 0 Å². The molecular formula is C27H28O4. The lowest BCUT2D eigenvalue weighted by Gasteiger charge is -2.12. The minimum atomic E-state index is -0.945. The Bertz CT molecular complexity index is 990. The van der Waals surface area contributed by atoms with E-state index in [9.17, 15) is 9.90 Å². The van der Waals surface area contributed by atoms with E-state index in [4.69, 9.17) is 9.47 Å². The monoisotopic (exact) mass is 416 g/mol. The van der Waals surface area contributed by atoms with Crippen molar-refractivity contribution < 1.29 is 19.4 Å². The highest BCUT2D eigenvalue weighted by molar-refractivity contribution is 5.72. The fraction of sp³-hybridized carbons (Fsp3) is 0.222. The van der Waals surface area contributed by atoms with E-state index in [1.807, 2.05) is 42.5 Å². The summed E-state index contributed by atoms with van der Waals surface area (Å²) in [6.07, 6.45) is 1.57. The molecule has 0 radical (unpaired) electrons. The van der Waals surface area contributed by atoms with Gasteiger partial charge in [-0.2, -0.15) is 0 Å². The van der Waals surface area contributed by atoms with Crippen LogP contribution in [0.1, 0.15) is 25.0 Å². The largest absolute Gasteiger partial charge is 0.490 e. The number of allylic oxidation sites excluding steroid dienone is 1. The highest BCUT2D eigenvalue weighted by Gasteiger charge is 2.17. The first-order chi connectivity index (χ1) is 15.1. The molecule has 1 atom stereocenters. The summed E-state index contributed by atoms with van der Waals surface area (Å²) in [5, 5.41) is 9.20.